The van der Waals surface area contributed by atoms with Crippen LogP contribution >= 0.6 is 15.9 Å². The molecule has 0 aliphatic carbocycles. The van der Waals surface area contributed by atoms with E-state index in [0.717, 1.165) is 16.3 Å². The van der Waals surface area contributed by atoms with E-state index in [4.69, 9.17) is 9.47 Å². The van der Waals surface area contributed by atoms with Crippen LogP contribution in [0.5, 0.6) is 11.5 Å². The molecular formula is C29H22BrN3O5. The number of non-ortho nitro benzene ring substituents is 1. The van der Waals surface area contributed by atoms with Gasteiger partial charge in [0, 0.05) is 22.3 Å². The van der Waals surface area contributed by atoms with Gasteiger partial charge in [0.05, 0.1) is 11.5 Å². The molecule has 0 unspecified atom stereocenters. The third kappa shape index (κ3) is 6.35. The summed E-state index contributed by atoms with van der Waals surface area (Å²) in [7, 11) is 0. The van der Waals surface area contributed by atoms with Crippen LogP contribution in [0.25, 0.3) is 16.8 Å². The van der Waals surface area contributed by atoms with Gasteiger partial charge in [-0.05, 0) is 59.2 Å². The molecule has 190 valence electrons. The number of benzene rings is 4. The Morgan fingerprint density at radius 3 is 2.53 bits per heavy atom. The molecule has 0 saturated carbocycles. The fourth-order valence-electron chi connectivity index (χ4n) is 3.73. The third-order valence-electron chi connectivity index (χ3n) is 5.55. The van der Waals surface area contributed by atoms with Crippen molar-refractivity contribution in [3.05, 3.63) is 110 Å². The van der Waals surface area contributed by atoms with Crippen molar-refractivity contribution in [2.24, 2.45) is 0 Å². The van der Waals surface area contributed by atoms with Gasteiger partial charge in [-0.1, -0.05) is 58.4 Å². The molecular weight excluding hydrogens is 550 g/mol. The number of carbonyl (C=O) groups excluding carboxylic acids is 1. The lowest BCUT2D eigenvalue weighted by Crippen LogP contribution is -2.13. The highest BCUT2D eigenvalue weighted by atomic mass is 79.9. The molecule has 0 fully saturated rings. The molecule has 0 aliphatic heterocycles. The second-order valence-electron chi connectivity index (χ2n) is 8.16. The summed E-state index contributed by atoms with van der Waals surface area (Å²) in [6.07, 6.45) is 1.41. The lowest BCUT2D eigenvalue weighted by Gasteiger charge is -2.14. The zero-order valence-corrected chi connectivity index (χ0v) is 21.9. The molecule has 0 bridgehead atoms. The summed E-state index contributed by atoms with van der Waals surface area (Å²) in [5.74, 6) is 0.261. The number of ether oxygens (including phenoxy) is 2. The maximum Gasteiger partial charge on any atom is 0.271 e. The molecule has 4 aromatic rings. The van der Waals surface area contributed by atoms with Gasteiger partial charge in [-0.2, -0.15) is 5.26 Å². The summed E-state index contributed by atoms with van der Waals surface area (Å²) in [6, 6.07) is 25.0. The average Bonchev–Trinajstić information content (AvgIpc) is 2.92. The number of carbonyl (C=O) groups is 1. The maximum absolute atomic E-state index is 12.7. The number of amides is 1. The Morgan fingerprint density at radius 1 is 1.03 bits per heavy atom. The first-order chi connectivity index (χ1) is 18.4. The number of nitrogens with one attached hydrogen (secondary N) is 1. The smallest absolute Gasteiger partial charge is 0.271 e. The highest BCUT2D eigenvalue weighted by Gasteiger charge is 2.15. The van der Waals surface area contributed by atoms with Crippen molar-refractivity contribution in [2.75, 3.05) is 11.9 Å². The van der Waals surface area contributed by atoms with Crippen LogP contribution in [-0.2, 0) is 11.4 Å². The van der Waals surface area contributed by atoms with Crippen molar-refractivity contribution in [2.45, 2.75) is 13.5 Å². The molecule has 0 aromatic heterocycles. The number of halogens is 1. The second kappa shape index (κ2) is 12.0. The quantitative estimate of drug-likeness (QED) is 0.0997. The number of nitro groups is 1. The van der Waals surface area contributed by atoms with Gasteiger partial charge in [0.15, 0.2) is 11.5 Å². The standard InChI is InChI=1S/C29H22BrN3O5/c1-2-37-27-14-22(13-23(17-31)29(34)32-24-8-5-9-25(15-24)33(35)36)26(30)16-28(27)38-18-19-10-11-20-6-3-4-7-21(20)12-19/h3-16H,2,18H2,1H3,(H,32,34)/b23-13+. The molecule has 4 aromatic carbocycles. The summed E-state index contributed by atoms with van der Waals surface area (Å²) < 4.78 is 12.4. The van der Waals surface area contributed by atoms with Crippen LogP contribution in [0.4, 0.5) is 11.4 Å². The van der Waals surface area contributed by atoms with Gasteiger partial charge in [0.1, 0.15) is 18.2 Å². The van der Waals surface area contributed by atoms with Crippen LogP contribution in [0.1, 0.15) is 18.1 Å². The van der Waals surface area contributed by atoms with Crippen molar-refractivity contribution in [3.8, 4) is 17.6 Å². The number of hydrogen-bond donors (Lipinski definition) is 1. The largest absolute Gasteiger partial charge is 0.490 e. The van der Waals surface area contributed by atoms with E-state index in [2.05, 4.69) is 33.4 Å². The van der Waals surface area contributed by atoms with Crippen LogP contribution in [-0.4, -0.2) is 17.4 Å². The number of nitriles is 1. The van der Waals surface area contributed by atoms with Crippen molar-refractivity contribution in [3.63, 3.8) is 0 Å². The first-order valence-electron chi connectivity index (χ1n) is 11.6. The number of anilines is 1. The minimum absolute atomic E-state index is 0.173. The Bertz CT molecular complexity index is 1590. The topological polar surface area (TPSA) is 114 Å². The SMILES string of the molecule is CCOc1cc(/C=C(\C#N)C(=O)Nc2cccc([N+](=O)[O-])c2)c(Br)cc1OCc1ccc2ccccc2c1. The molecule has 8 nitrogen and oxygen atoms in total. The molecule has 38 heavy (non-hydrogen) atoms. The molecule has 4 rings (SSSR count). The number of hydrogen-bond acceptors (Lipinski definition) is 6. The van der Waals surface area contributed by atoms with Crippen molar-refractivity contribution >= 4 is 50.1 Å². The van der Waals surface area contributed by atoms with E-state index in [1.807, 2.05) is 43.3 Å². The highest BCUT2D eigenvalue weighted by molar-refractivity contribution is 9.10. The molecule has 0 atom stereocenters. The zero-order valence-electron chi connectivity index (χ0n) is 20.3. The minimum Gasteiger partial charge on any atom is -0.490 e. The van der Waals surface area contributed by atoms with Crippen LogP contribution in [0.3, 0.4) is 0 Å². The van der Waals surface area contributed by atoms with Crippen molar-refractivity contribution in [1.82, 2.24) is 0 Å². The first-order valence-corrected chi connectivity index (χ1v) is 12.4. The molecule has 0 saturated heterocycles. The van der Waals surface area contributed by atoms with Gasteiger partial charge >= 0.3 is 0 Å². The fourth-order valence-corrected chi connectivity index (χ4v) is 4.17. The number of fused-ring (bicyclic) bond motifs is 1. The zero-order chi connectivity index (χ0) is 27.1. The Hall–Kier alpha value is -4.68. The molecule has 1 N–H and O–H groups in total. The third-order valence-corrected chi connectivity index (χ3v) is 6.24. The van der Waals surface area contributed by atoms with E-state index in [9.17, 15) is 20.2 Å². The van der Waals surface area contributed by atoms with Gasteiger partial charge in [-0.15, -0.1) is 0 Å². The van der Waals surface area contributed by atoms with Crippen molar-refractivity contribution in [1.29, 1.82) is 5.26 Å². The first kappa shape index (κ1) is 26.4. The Labute approximate surface area is 227 Å². The van der Waals surface area contributed by atoms with Crippen molar-refractivity contribution < 1.29 is 19.2 Å². The Kier molecular flexibility index (Phi) is 8.36. The Morgan fingerprint density at radius 2 is 1.79 bits per heavy atom. The summed E-state index contributed by atoms with van der Waals surface area (Å²) in [6.45, 7) is 2.55. The monoisotopic (exact) mass is 571 g/mol. The lowest BCUT2D eigenvalue weighted by atomic mass is 10.1. The minimum atomic E-state index is -0.700. The number of rotatable bonds is 9. The average molecular weight is 572 g/mol. The lowest BCUT2D eigenvalue weighted by molar-refractivity contribution is -0.384. The van der Waals surface area contributed by atoms with Gasteiger partial charge < -0.3 is 14.8 Å². The van der Waals surface area contributed by atoms with Crippen LogP contribution < -0.4 is 14.8 Å². The van der Waals surface area contributed by atoms with Crippen LogP contribution in [0.15, 0.2) is 88.9 Å². The molecule has 0 spiro atoms. The van der Waals surface area contributed by atoms with E-state index in [0.29, 0.717) is 34.7 Å². The van der Waals surface area contributed by atoms with E-state index < -0.39 is 10.8 Å². The Balaban J connectivity index is 1.56. The molecule has 0 heterocycles. The predicted molar refractivity (Wildman–Crippen MR) is 149 cm³/mol. The number of nitrogens with zero attached hydrogens (tertiary/aromatic N) is 2. The van der Waals surface area contributed by atoms with Crippen LogP contribution in [0, 0.1) is 21.4 Å². The summed E-state index contributed by atoms with van der Waals surface area (Å²) in [4.78, 5) is 23.2. The molecule has 1 amide bonds. The number of nitro benzene ring substituents is 1. The molecule has 0 aliphatic rings. The maximum atomic E-state index is 12.7. The predicted octanol–water partition coefficient (Wildman–Crippen LogP) is 7.03. The summed E-state index contributed by atoms with van der Waals surface area (Å²) >= 11 is 3.49. The fraction of sp³-hybridized carbons (Fsp3) is 0.103. The normalized spacial score (nSPS) is 11.0. The van der Waals surface area contributed by atoms with E-state index in [1.165, 1.54) is 30.3 Å². The van der Waals surface area contributed by atoms with E-state index >= 15 is 0 Å². The van der Waals surface area contributed by atoms with E-state index in [-0.39, 0.29) is 16.9 Å². The molecule has 0 radical (unpaired) electrons. The van der Waals surface area contributed by atoms with Gasteiger partial charge in [0.25, 0.3) is 11.6 Å². The highest BCUT2D eigenvalue weighted by Crippen LogP contribution is 2.35. The second-order valence-corrected chi connectivity index (χ2v) is 9.01. The van der Waals surface area contributed by atoms with Gasteiger partial charge in [-0.3, -0.25) is 14.9 Å². The summed E-state index contributed by atoms with van der Waals surface area (Å²) in [5, 5.41) is 25.4. The molecule has 9 heteroatoms. The van der Waals surface area contributed by atoms with Gasteiger partial charge in [-0.25, -0.2) is 0 Å². The van der Waals surface area contributed by atoms with Gasteiger partial charge in [0.2, 0.25) is 0 Å². The summed E-state index contributed by atoms with van der Waals surface area (Å²) in [5.41, 5.74) is 1.36. The van der Waals surface area contributed by atoms with Crippen LogP contribution in [0.2, 0.25) is 0 Å². The van der Waals surface area contributed by atoms with E-state index in [1.54, 1.807) is 12.1 Å².